The van der Waals surface area contributed by atoms with Crippen LogP contribution in [-0.2, 0) is 11.0 Å². The first-order valence-electron chi connectivity index (χ1n) is 5.50. The fourth-order valence-corrected chi connectivity index (χ4v) is 1.40. The number of rotatable bonds is 4. The number of amides is 1. The van der Waals surface area contributed by atoms with E-state index in [1.807, 2.05) is 0 Å². The smallest absolute Gasteiger partial charge is 0.325 e. The van der Waals surface area contributed by atoms with E-state index >= 15 is 0 Å². The zero-order chi connectivity index (χ0) is 14.5. The molecular formula is C12H12F3N3O. The third-order valence-electron chi connectivity index (χ3n) is 2.26. The van der Waals surface area contributed by atoms with E-state index in [1.165, 1.54) is 12.1 Å². The van der Waals surface area contributed by atoms with Crippen molar-refractivity contribution in [2.75, 3.05) is 18.4 Å². The van der Waals surface area contributed by atoms with Crippen LogP contribution < -0.4 is 10.6 Å². The van der Waals surface area contributed by atoms with Crippen molar-refractivity contribution in [3.8, 4) is 6.07 Å². The summed E-state index contributed by atoms with van der Waals surface area (Å²) in [5.74, 6) is -0.445. The number of carbonyl (C=O) groups excluding carboxylic acids is 1. The number of carbonyl (C=O) groups is 1. The highest BCUT2D eigenvalue weighted by Crippen LogP contribution is 2.33. The Balaban J connectivity index is 2.94. The molecule has 0 fully saturated rings. The van der Waals surface area contributed by atoms with Crippen molar-refractivity contribution in [1.82, 2.24) is 5.32 Å². The Morgan fingerprint density at radius 3 is 2.63 bits per heavy atom. The molecular weight excluding hydrogens is 259 g/mol. The minimum absolute atomic E-state index is 0.00854. The van der Waals surface area contributed by atoms with Crippen LogP contribution in [0.15, 0.2) is 18.2 Å². The van der Waals surface area contributed by atoms with Gasteiger partial charge in [-0.3, -0.25) is 4.79 Å². The molecule has 1 aromatic rings. The molecule has 1 aromatic carbocycles. The van der Waals surface area contributed by atoms with Gasteiger partial charge in [0, 0.05) is 5.69 Å². The van der Waals surface area contributed by atoms with Crippen molar-refractivity contribution < 1.29 is 18.0 Å². The molecule has 0 atom stereocenters. The molecule has 1 amide bonds. The monoisotopic (exact) mass is 271 g/mol. The standard InChI is InChI=1S/C12H12F3N3O/c1-2-17-7-11(19)18-9-4-3-8(6-16)10(5-9)12(13,14)15/h3-5,17H,2,7H2,1H3,(H,18,19). The van der Waals surface area contributed by atoms with E-state index in [4.69, 9.17) is 5.26 Å². The molecule has 0 radical (unpaired) electrons. The molecule has 0 aliphatic rings. The first kappa shape index (κ1) is 15.0. The number of benzene rings is 1. The lowest BCUT2D eigenvalue weighted by Gasteiger charge is -2.11. The summed E-state index contributed by atoms with van der Waals surface area (Å²) in [6.07, 6.45) is -4.63. The zero-order valence-corrected chi connectivity index (χ0v) is 10.1. The molecule has 0 aliphatic heterocycles. The summed E-state index contributed by atoms with van der Waals surface area (Å²) in [4.78, 5) is 11.4. The summed E-state index contributed by atoms with van der Waals surface area (Å²) in [6, 6.07) is 4.52. The number of likely N-dealkylation sites (N-methyl/N-ethyl adjacent to an activating group) is 1. The van der Waals surface area contributed by atoms with Crippen LogP contribution in [0.4, 0.5) is 18.9 Å². The molecule has 1 rings (SSSR count). The highest BCUT2D eigenvalue weighted by molar-refractivity contribution is 5.92. The lowest BCUT2D eigenvalue weighted by molar-refractivity contribution is -0.137. The largest absolute Gasteiger partial charge is 0.417 e. The minimum atomic E-state index is -4.63. The predicted molar refractivity (Wildman–Crippen MR) is 63.3 cm³/mol. The van der Waals surface area contributed by atoms with Gasteiger partial charge in [0.15, 0.2) is 0 Å². The summed E-state index contributed by atoms with van der Waals surface area (Å²) >= 11 is 0. The van der Waals surface area contributed by atoms with Gasteiger partial charge >= 0.3 is 6.18 Å². The van der Waals surface area contributed by atoms with Crippen LogP contribution in [0.2, 0.25) is 0 Å². The van der Waals surface area contributed by atoms with Gasteiger partial charge in [-0.1, -0.05) is 6.92 Å². The highest BCUT2D eigenvalue weighted by atomic mass is 19.4. The Labute approximate surface area is 108 Å². The van der Waals surface area contributed by atoms with Gasteiger partial charge in [-0.25, -0.2) is 0 Å². The van der Waals surface area contributed by atoms with E-state index < -0.39 is 23.2 Å². The zero-order valence-electron chi connectivity index (χ0n) is 10.1. The second-order valence-electron chi connectivity index (χ2n) is 3.70. The minimum Gasteiger partial charge on any atom is -0.325 e. The van der Waals surface area contributed by atoms with Gasteiger partial charge in [0.05, 0.1) is 23.7 Å². The maximum Gasteiger partial charge on any atom is 0.417 e. The van der Waals surface area contributed by atoms with Crippen LogP contribution in [0.25, 0.3) is 0 Å². The molecule has 0 saturated carbocycles. The Morgan fingerprint density at radius 1 is 1.42 bits per heavy atom. The Morgan fingerprint density at radius 2 is 2.11 bits per heavy atom. The van der Waals surface area contributed by atoms with Crippen molar-refractivity contribution in [2.45, 2.75) is 13.1 Å². The van der Waals surface area contributed by atoms with E-state index in [0.717, 1.165) is 12.1 Å². The normalized spacial score (nSPS) is 10.9. The first-order chi connectivity index (χ1) is 8.88. The van der Waals surface area contributed by atoms with Gasteiger partial charge in [0.1, 0.15) is 0 Å². The molecule has 102 valence electrons. The molecule has 0 bridgehead atoms. The molecule has 19 heavy (non-hydrogen) atoms. The molecule has 0 unspecified atom stereocenters. The SMILES string of the molecule is CCNCC(=O)Nc1ccc(C#N)c(C(F)(F)F)c1. The maximum absolute atomic E-state index is 12.7. The van der Waals surface area contributed by atoms with Crippen molar-refractivity contribution in [2.24, 2.45) is 0 Å². The van der Waals surface area contributed by atoms with E-state index in [0.29, 0.717) is 6.54 Å². The van der Waals surface area contributed by atoms with Crippen LogP contribution in [0.3, 0.4) is 0 Å². The molecule has 2 N–H and O–H groups in total. The summed E-state index contributed by atoms with van der Waals surface area (Å²) in [6.45, 7) is 2.39. The molecule has 0 aliphatic carbocycles. The number of nitrogens with one attached hydrogen (secondary N) is 2. The highest BCUT2D eigenvalue weighted by Gasteiger charge is 2.33. The molecule has 0 heterocycles. The van der Waals surface area contributed by atoms with Crippen molar-refractivity contribution in [3.05, 3.63) is 29.3 Å². The van der Waals surface area contributed by atoms with Crippen LogP contribution in [0.1, 0.15) is 18.1 Å². The second-order valence-corrected chi connectivity index (χ2v) is 3.70. The number of anilines is 1. The molecule has 0 spiro atoms. The number of hydrogen-bond donors (Lipinski definition) is 2. The van der Waals surface area contributed by atoms with Crippen LogP contribution in [-0.4, -0.2) is 19.0 Å². The van der Waals surface area contributed by atoms with Crippen molar-refractivity contribution >= 4 is 11.6 Å². The van der Waals surface area contributed by atoms with E-state index in [-0.39, 0.29) is 12.2 Å². The first-order valence-corrected chi connectivity index (χ1v) is 5.50. The molecule has 4 nitrogen and oxygen atoms in total. The third-order valence-corrected chi connectivity index (χ3v) is 2.26. The Hall–Kier alpha value is -2.07. The lowest BCUT2D eigenvalue weighted by Crippen LogP contribution is -2.27. The average Bonchev–Trinajstić information content (AvgIpc) is 2.35. The second kappa shape index (κ2) is 6.20. The summed E-state index contributed by atoms with van der Waals surface area (Å²) in [5, 5.41) is 13.7. The summed E-state index contributed by atoms with van der Waals surface area (Å²) in [7, 11) is 0. The number of nitriles is 1. The summed E-state index contributed by atoms with van der Waals surface area (Å²) < 4.78 is 38.0. The lowest BCUT2D eigenvalue weighted by atomic mass is 10.1. The Kier molecular flexibility index (Phi) is 4.89. The van der Waals surface area contributed by atoms with Crippen LogP contribution in [0, 0.1) is 11.3 Å². The fraction of sp³-hybridized carbons (Fsp3) is 0.333. The Bertz CT molecular complexity index is 506. The molecule has 7 heteroatoms. The average molecular weight is 271 g/mol. The van der Waals surface area contributed by atoms with E-state index in [2.05, 4.69) is 10.6 Å². The maximum atomic E-state index is 12.7. The van der Waals surface area contributed by atoms with Crippen molar-refractivity contribution in [1.29, 1.82) is 5.26 Å². The van der Waals surface area contributed by atoms with Gasteiger partial charge in [0.25, 0.3) is 0 Å². The molecule has 0 aromatic heterocycles. The van der Waals surface area contributed by atoms with Crippen LogP contribution >= 0.6 is 0 Å². The van der Waals surface area contributed by atoms with Crippen molar-refractivity contribution in [3.63, 3.8) is 0 Å². The fourth-order valence-electron chi connectivity index (χ4n) is 1.40. The number of nitrogens with zero attached hydrogens (tertiary/aromatic N) is 1. The van der Waals surface area contributed by atoms with Crippen LogP contribution in [0.5, 0.6) is 0 Å². The summed E-state index contributed by atoms with van der Waals surface area (Å²) in [5.41, 5.74) is -1.53. The van der Waals surface area contributed by atoms with Gasteiger partial charge in [-0.2, -0.15) is 18.4 Å². The quantitative estimate of drug-likeness (QED) is 0.881. The van der Waals surface area contributed by atoms with Gasteiger partial charge in [-0.15, -0.1) is 0 Å². The van der Waals surface area contributed by atoms with E-state index in [1.54, 1.807) is 6.92 Å². The van der Waals surface area contributed by atoms with Gasteiger partial charge in [-0.05, 0) is 24.7 Å². The predicted octanol–water partition coefficient (Wildman–Crippen LogP) is 2.13. The third kappa shape index (κ3) is 4.26. The number of halogens is 3. The molecule has 0 saturated heterocycles. The number of alkyl halides is 3. The van der Waals surface area contributed by atoms with E-state index in [9.17, 15) is 18.0 Å². The number of hydrogen-bond acceptors (Lipinski definition) is 3. The topological polar surface area (TPSA) is 64.9 Å². The van der Waals surface area contributed by atoms with Gasteiger partial charge < -0.3 is 10.6 Å². The van der Waals surface area contributed by atoms with Gasteiger partial charge in [0.2, 0.25) is 5.91 Å².